The van der Waals surface area contributed by atoms with Crippen LogP contribution in [0.5, 0.6) is 11.5 Å². The fraction of sp³-hybridized carbons (Fsp3) is 0.588. The van der Waals surface area contributed by atoms with E-state index >= 15 is 0 Å². The van der Waals surface area contributed by atoms with Gasteiger partial charge in [0.1, 0.15) is 11.5 Å². The molecule has 0 bridgehead atoms. The van der Waals surface area contributed by atoms with Crippen molar-refractivity contribution in [1.82, 2.24) is 15.5 Å². The van der Waals surface area contributed by atoms with Gasteiger partial charge in [0, 0.05) is 38.3 Å². The van der Waals surface area contributed by atoms with Crippen LogP contribution in [0.1, 0.15) is 12.5 Å². The molecule has 0 radical (unpaired) electrons. The summed E-state index contributed by atoms with van der Waals surface area (Å²) in [5.74, 6) is 1.68. The molecule has 142 valence electrons. The summed E-state index contributed by atoms with van der Waals surface area (Å²) in [5.41, 5.74) is 0.736. The monoisotopic (exact) mass is 464 g/mol. The average molecular weight is 464 g/mol. The molecule has 0 atom stereocenters. The first-order valence-electron chi connectivity index (χ1n) is 8.41. The number of aliphatic imine (C=N–C) groups is 1. The molecule has 3 N–H and O–H groups in total. The maximum Gasteiger partial charge on any atom is 0.191 e. The van der Waals surface area contributed by atoms with Crippen LogP contribution in [0.2, 0.25) is 0 Å². The third kappa shape index (κ3) is 7.66. The molecule has 1 aliphatic rings. The molecule has 2 rings (SSSR count). The predicted molar refractivity (Wildman–Crippen MR) is 110 cm³/mol. The number of ether oxygens (including phenoxy) is 2. The van der Waals surface area contributed by atoms with Gasteiger partial charge in [-0.25, -0.2) is 4.99 Å². The number of halogens is 1. The summed E-state index contributed by atoms with van der Waals surface area (Å²) >= 11 is 0. The molecule has 0 amide bonds. The van der Waals surface area contributed by atoms with Gasteiger partial charge in [0.15, 0.2) is 5.96 Å². The predicted octanol–water partition coefficient (Wildman–Crippen LogP) is 1.41. The topological polar surface area (TPSA) is 78.4 Å². The van der Waals surface area contributed by atoms with Crippen LogP contribution in [0.4, 0.5) is 0 Å². The SMILES string of the molecule is CCNC(=NCc1cc(OC)ccc1O)NCCN1CCOCC1.I. The van der Waals surface area contributed by atoms with Crippen LogP contribution in [-0.2, 0) is 11.3 Å². The third-order valence-corrected chi connectivity index (χ3v) is 3.86. The molecule has 0 aliphatic carbocycles. The van der Waals surface area contributed by atoms with E-state index in [1.807, 2.05) is 6.92 Å². The lowest BCUT2D eigenvalue weighted by atomic mass is 10.2. The quantitative estimate of drug-likeness (QED) is 0.322. The summed E-state index contributed by atoms with van der Waals surface area (Å²) in [6.45, 7) is 8.55. The van der Waals surface area contributed by atoms with Gasteiger partial charge in [0.2, 0.25) is 0 Å². The van der Waals surface area contributed by atoms with Gasteiger partial charge < -0.3 is 25.2 Å². The van der Waals surface area contributed by atoms with Gasteiger partial charge in [-0.2, -0.15) is 0 Å². The Morgan fingerprint density at radius 2 is 2.08 bits per heavy atom. The molecule has 1 aromatic rings. The smallest absolute Gasteiger partial charge is 0.191 e. The lowest BCUT2D eigenvalue weighted by Gasteiger charge is -2.26. The Morgan fingerprint density at radius 1 is 1.32 bits per heavy atom. The van der Waals surface area contributed by atoms with Crippen molar-refractivity contribution in [3.63, 3.8) is 0 Å². The third-order valence-electron chi connectivity index (χ3n) is 3.86. The highest BCUT2D eigenvalue weighted by molar-refractivity contribution is 14.0. The molecule has 0 spiro atoms. The van der Waals surface area contributed by atoms with Crippen LogP contribution in [0.3, 0.4) is 0 Å². The zero-order chi connectivity index (χ0) is 17.2. The summed E-state index contributed by atoms with van der Waals surface area (Å²) < 4.78 is 10.5. The molecule has 1 heterocycles. The number of benzene rings is 1. The van der Waals surface area contributed by atoms with Gasteiger partial charge in [0.25, 0.3) is 0 Å². The zero-order valence-corrected chi connectivity index (χ0v) is 17.3. The molecule has 0 unspecified atom stereocenters. The van der Waals surface area contributed by atoms with Crippen LogP contribution in [0.15, 0.2) is 23.2 Å². The van der Waals surface area contributed by atoms with E-state index in [4.69, 9.17) is 9.47 Å². The van der Waals surface area contributed by atoms with Crippen molar-refractivity contribution in [2.75, 3.05) is 53.0 Å². The fourth-order valence-electron chi connectivity index (χ4n) is 2.48. The maximum atomic E-state index is 9.94. The summed E-state index contributed by atoms with van der Waals surface area (Å²) in [6.07, 6.45) is 0. The van der Waals surface area contributed by atoms with E-state index in [0.717, 1.165) is 57.5 Å². The van der Waals surface area contributed by atoms with E-state index in [1.54, 1.807) is 25.3 Å². The van der Waals surface area contributed by atoms with E-state index in [-0.39, 0.29) is 29.7 Å². The second-order valence-corrected chi connectivity index (χ2v) is 5.57. The number of morpholine rings is 1. The Balaban J connectivity index is 0.00000312. The number of nitrogens with zero attached hydrogens (tertiary/aromatic N) is 2. The molecule has 1 aliphatic heterocycles. The van der Waals surface area contributed by atoms with Gasteiger partial charge in [-0.3, -0.25) is 4.90 Å². The zero-order valence-electron chi connectivity index (χ0n) is 15.0. The Hall–Kier alpha value is -1.26. The number of phenols is 1. The van der Waals surface area contributed by atoms with Crippen LogP contribution in [0, 0.1) is 0 Å². The molecule has 0 aromatic heterocycles. The number of hydrogen-bond donors (Lipinski definition) is 3. The van der Waals surface area contributed by atoms with Crippen molar-refractivity contribution in [3.8, 4) is 11.5 Å². The van der Waals surface area contributed by atoms with E-state index in [1.165, 1.54) is 0 Å². The van der Waals surface area contributed by atoms with E-state index in [0.29, 0.717) is 12.3 Å². The van der Waals surface area contributed by atoms with Crippen molar-refractivity contribution in [1.29, 1.82) is 0 Å². The van der Waals surface area contributed by atoms with E-state index in [2.05, 4.69) is 20.5 Å². The van der Waals surface area contributed by atoms with Gasteiger partial charge in [-0.05, 0) is 25.1 Å². The number of guanidine groups is 1. The molecule has 25 heavy (non-hydrogen) atoms. The Kier molecular flexibility index (Phi) is 10.6. The van der Waals surface area contributed by atoms with Gasteiger partial charge in [-0.15, -0.1) is 24.0 Å². The van der Waals surface area contributed by atoms with E-state index < -0.39 is 0 Å². The number of aromatic hydroxyl groups is 1. The maximum absolute atomic E-state index is 9.94. The summed E-state index contributed by atoms with van der Waals surface area (Å²) in [4.78, 5) is 6.91. The summed E-state index contributed by atoms with van der Waals surface area (Å²) in [7, 11) is 1.61. The number of phenolic OH excluding ortho intramolecular Hbond substituents is 1. The highest BCUT2D eigenvalue weighted by Gasteiger charge is 2.10. The molecule has 8 heteroatoms. The summed E-state index contributed by atoms with van der Waals surface area (Å²) in [6, 6.07) is 5.16. The number of nitrogens with one attached hydrogen (secondary N) is 2. The molecular formula is C17H29IN4O3. The average Bonchev–Trinajstić information content (AvgIpc) is 2.61. The van der Waals surface area contributed by atoms with Crippen molar-refractivity contribution >= 4 is 29.9 Å². The first-order chi connectivity index (χ1) is 11.7. The van der Waals surface area contributed by atoms with Gasteiger partial charge in [-0.1, -0.05) is 0 Å². The minimum atomic E-state index is 0. The molecule has 1 aromatic carbocycles. The lowest BCUT2D eigenvalue weighted by molar-refractivity contribution is 0.0389. The molecular weight excluding hydrogens is 435 g/mol. The van der Waals surface area contributed by atoms with Gasteiger partial charge in [0.05, 0.1) is 26.9 Å². The van der Waals surface area contributed by atoms with Crippen LogP contribution in [0.25, 0.3) is 0 Å². The molecule has 1 fully saturated rings. The van der Waals surface area contributed by atoms with Crippen molar-refractivity contribution in [3.05, 3.63) is 23.8 Å². The fourth-order valence-corrected chi connectivity index (χ4v) is 2.48. The largest absolute Gasteiger partial charge is 0.508 e. The highest BCUT2D eigenvalue weighted by Crippen LogP contribution is 2.23. The van der Waals surface area contributed by atoms with Crippen molar-refractivity contribution in [2.45, 2.75) is 13.5 Å². The lowest BCUT2D eigenvalue weighted by Crippen LogP contribution is -2.44. The van der Waals surface area contributed by atoms with Crippen molar-refractivity contribution in [2.24, 2.45) is 4.99 Å². The van der Waals surface area contributed by atoms with Crippen LogP contribution < -0.4 is 15.4 Å². The highest BCUT2D eigenvalue weighted by atomic mass is 127. The van der Waals surface area contributed by atoms with Crippen LogP contribution >= 0.6 is 24.0 Å². The van der Waals surface area contributed by atoms with Crippen LogP contribution in [-0.4, -0.2) is 69.0 Å². The Morgan fingerprint density at radius 3 is 2.76 bits per heavy atom. The standard InChI is InChI=1S/C17H28N4O3.HI/c1-3-18-17(19-6-7-21-8-10-24-11-9-21)20-13-14-12-15(23-2)4-5-16(14)22;/h4-5,12,22H,3,6-11,13H2,1-2H3,(H2,18,19,20);1H. The molecule has 7 nitrogen and oxygen atoms in total. The number of hydrogen-bond acceptors (Lipinski definition) is 5. The second-order valence-electron chi connectivity index (χ2n) is 5.57. The Bertz CT molecular complexity index is 537. The normalized spacial score (nSPS) is 15.4. The number of methoxy groups -OCH3 is 1. The Labute approximate surface area is 166 Å². The first-order valence-corrected chi connectivity index (χ1v) is 8.41. The van der Waals surface area contributed by atoms with Crippen molar-refractivity contribution < 1.29 is 14.6 Å². The molecule has 1 saturated heterocycles. The van der Waals surface area contributed by atoms with Gasteiger partial charge >= 0.3 is 0 Å². The number of rotatable bonds is 7. The minimum Gasteiger partial charge on any atom is -0.508 e. The first kappa shape index (κ1) is 21.8. The minimum absolute atomic E-state index is 0. The van der Waals surface area contributed by atoms with E-state index in [9.17, 15) is 5.11 Å². The summed E-state index contributed by atoms with van der Waals surface area (Å²) in [5, 5.41) is 16.5. The molecule has 0 saturated carbocycles. The second kappa shape index (κ2) is 12.2.